The first kappa shape index (κ1) is 23.1. The Hall–Kier alpha value is -1.10. The second-order valence-electron chi connectivity index (χ2n) is 12.4. The van der Waals surface area contributed by atoms with Crippen molar-refractivity contribution in [2.45, 2.75) is 91.1 Å². The van der Waals surface area contributed by atoms with Gasteiger partial charge in [-0.25, -0.2) is 0 Å². The lowest BCUT2D eigenvalue weighted by Crippen LogP contribution is -2.54. The fourth-order valence-corrected chi connectivity index (χ4v) is 6.60. The first-order valence-electron chi connectivity index (χ1n) is 12.9. The topological polar surface area (TPSA) is 60.9 Å². The van der Waals surface area contributed by atoms with E-state index in [0.717, 1.165) is 36.5 Å². The molecule has 0 spiro atoms. The Morgan fingerprint density at radius 2 is 1.42 bits per heavy atom. The summed E-state index contributed by atoms with van der Waals surface area (Å²) in [4.78, 5) is 29.2. The summed E-state index contributed by atoms with van der Waals surface area (Å²) in [5.74, 6) is 3.64. The summed E-state index contributed by atoms with van der Waals surface area (Å²) >= 11 is 0. The summed E-state index contributed by atoms with van der Waals surface area (Å²) in [6.45, 7) is 12.0. The first-order chi connectivity index (χ1) is 14.6. The molecular weight excluding hydrogens is 388 g/mol. The minimum absolute atomic E-state index is 0.129. The molecule has 0 radical (unpaired) electrons. The molecule has 176 valence electrons. The second kappa shape index (κ2) is 8.68. The lowest BCUT2D eigenvalue weighted by atomic mass is 9.61. The summed E-state index contributed by atoms with van der Waals surface area (Å²) in [5.41, 5.74) is -0.689. The zero-order valence-electron chi connectivity index (χ0n) is 20.2. The van der Waals surface area contributed by atoms with E-state index in [4.69, 9.17) is 0 Å². The molecule has 4 aliphatic rings. The molecule has 3 atom stereocenters. The first-order valence-corrected chi connectivity index (χ1v) is 12.9. The molecular formula is C26H44N2O3. The molecule has 5 heteroatoms. The number of nitrogens with zero attached hydrogens (tertiary/aromatic N) is 2. The van der Waals surface area contributed by atoms with Crippen LogP contribution in [-0.4, -0.2) is 58.5 Å². The molecule has 0 aromatic rings. The molecule has 3 saturated carbocycles. The van der Waals surface area contributed by atoms with Gasteiger partial charge in [-0.05, 0) is 86.9 Å². The molecule has 1 aliphatic heterocycles. The molecule has 0 aromatic carbocycles. The zero-order valence-corrected chi connectivity index (χ0v) is 20.2. The number of piperazine rings is 1. The van der Waals surface area contributed by atoms with E-state index in [1.54, 1.807) is 4.90 Å². The maximum absolute atomic E-state index is 13.1. The molecule has 1 heterocycles. The SMILES string of the molecule is CC1CC(C2CCC(C(=O)N3CCN(C(=O)C4(O)CC4)CC3)CC2)CC(C(C)(C)C)C1. The van der Waals surface area contributed by atoms with Gasteiger partial charge in [0.05, 0.1) is 0 Å². The molecule has 31 heavy (non-hydrogen) atoms. The lowest BCUT2D eigenvalue weighted by molar-refractivity contribution is -0.148. The minimum Gasteiger partial charge on any atom is -0.380 e. The van der Waals surface area contributed by atoms with Gasteiger partial charge in [-0.3, -0.25) is 9.59 Å². The number of amides is 2. The molecule has 3 aliphatic carbocycles. The van der Waals surface area contributed by atoms with Crippen LogP contribution in [-0.2, 0) is 9.59 Å². The normalized spacial score (nSPS) is 36.2. The quantitative estimate of drug-likeness (QED) is 0.731. The number of carbonyl (C=O) groups excluding carboxylic acids is 2. The van der Waals surface area contributed by atoms with Gasteiger partial charge in [0.25, 0.3) is 5.91 Å². The third-order valence-electron chi connectivity index (χ3n) is 8.99. The average molecular weight is 433 g/mol. The van der Waals surface area contributed by atoms with Crippen LogP contribution >= 0.6 is 0 Å². The maximum Gasteiger partial charge on any atom is 0.254 e. The highest BCUT2D eigenvalue weighted by molar-refractivity contribution is 5.88. The smallest absolute Gasteiger partial charge is 0.254 e. The van der Waals surface area contributed by atoms with Crippen molar-refractivity contribution in [3.8, 4) is 0 Å². The molecule has 1 saturated heterocycles. The monoisotopic (exact) mass is 432 g/mol. The van der Waals surface area contributed by atoms with Gasteiger partial charge in [0.15, 0.2) is 0 Å². The molecule has 3 unspecified atom stereocenters. The van der Waals surface area contributed by atoms with Gasteiger partial charge in [0.1, 0.15) is 5.60 Å². The number of rotatable bonds is 3. The van der Waals surface area contributed by atoms with Crippen LogP contribution in [0.4, 0.5) is 0 Å². The van der Waals surface area contributed by atoms with Crippen molar-refractivity contribution >= 4 is 11.8 Å². The van der Waals surface area contributed by atoms with Crippen molar-refractivity contribution in [2.24, 2.45) is 35.0 Å². The third kappa shape index (κ3) is 5.12. The highest BCUT2D eigenvalue weighted by Gasteiger charge is 2.50. The largest absolute Gasteiger partial charge is 0.380 e. The summed E-state index contributed by atoms with van der Waals surface area (Å²) in [6.07, 6.45) is 9.78. The van der Waals surface area contributed by atoms with E-state index < -0.39 is 5.60 Å². The Balaban J connectivity index is 1.24. The van der Waals surface area contributed by atoms with Gasteiger partial charge in [-0.2, -0.15) is 0 Å². The Morgan fingerprint density at radius 3 is 1.97 bits per heavy atom. The highest BCUT2D eigenvalue weighted by Crippen LogP contribution is 2.48. The van der Waals surface area contributed by atoms with E-state index in [9.17, 15) is 14.7 Å². The predicted molar refractivity (Wildman–Crippen MR) is 122 cm³/mol. The van der Waals surface area contributed by atoms with Crippen molar-refractivity contribution in [1.82, 2.24) is 9.80 Å². The average Bonchev–Trinajstić information content (AvgIpc) is 3.50. The van der Waals surface area contributed by atoms with Crippen LogP contribution in [0.15, 0.2) is 0 Å². The van der Waals surface area contributed by atoms with E-state index in [-0.39, 0.29) is 11.8 Å². The molecule has 0 bridgehead atoms. The van der Waals surface area contributed by atoms with Crippen LogP contribution < -0.4 is 0 Å². The van der Waals surface area contributed by atoms with Gasteiger partial charge >= 0.3 is 0 Å². The van der Waals surface area contributed by atoms with Gasteiger partial charge in [-0.15, -0.1) is 0 Å². The minimum atomic E-state index is -1.09. The zero-order chi connectivity index (χ0) is 22.4. The Labute approximate surface area is 188 Å². The summed E-state index contributed by atoms with van der Waals surface area (Å²) in [5, 5.41) is 10.1. The Kier molecular flexibility index (Phi) is 6.46. The van der Waals surface area contributed by atoms with Crippen LogP contribution in [0.1, 0.15) is 85.5 Å². The van der Waals surface area contributed by atoms with Crippen molar-refractivity contribution < 1.29 is 14.7 Å². The van der Waals surface area contributed by atoms with Crippen LogP contribution in [0.2, 0.25) is 0 Å². The van der Waals surface area contributed by atoms with Crippen LogP contribution in [0.5, 0.6) is 0 Å². The van der Waals surface area contributed by atoms with Gasteiger partial charge in [-0.1, -0.05) is 27.7 Å². The number of aliphatic hydroxyl groups is 1. The summed E-state index contributed by atoms with van der Waals surface area (Å²) in [6, 6.07) is 0. The van der Waals surface area contributed by atoms with Crippen LogP contribution in [0.3, 0.4) is 0 Å². The lowest BCUT2D eigenvalue weighted by Gasteiger charge is -2.45. The van der Waals surface area contributed by atoms with E-state index in [2.05, 4.69) is 27.7 Å². The van der Waals surface area contributed by atoms with E-state index in [1.807, 2.05) is 4.90 Å². The molecule has 4 rings (SSSR count). The van der Waals surface area contributed by atoms with Gasteiger partial charge in [0.2, 0.25) is 5.91 Å². The standard InChI is InChI=1S/C26H44N2O3/c1-18-15-21(17-22(16-18)25(2,3)4)19-5-7-20(8-6-19)23(29)27-11-13-28(14-12-27)24(30)26(31)9-10-26/h18-22,31H,5-17H2,1-4H3. The van der Waals surface area contributed by atoms with Crippen molar-refractivity contribution in [1.29, 1.82) is 0 Å². The predicted octanol–water partition coefficient (Wildman–Crippen LogP) is 4.09. The molecule has 4 fully saturated rings. The number of hydrogen-bond donors (Lipinski definition) is 1. The van der Waals surface area contributed by atoms with Gasteiger partial charge in [0, 0.05) is 32.1 Å². The fourth-order valence-electron chi connectivity index (χ4n) is 6.60. The summed E-state index contributed by atoms with van der Waals surface area (Å²) < 4.78 is 0. The molecule has 2 amide bonds. The highest BCUT2D eigenvalue weighted by atomic mass is 16.3. The number of carbonyl (C=O) groups is 2. The Morgan fingerprint density at radius 1 is 0.839 bits per heavy atom. The van der Waals surface area contributed by atoms with Crippen molar-refractivity contribution in [2.75, 3.05) is 26.2 Å². The number of hydrogen-bond acceptors (Lipinski definition) is 3. The van der Waals surface area contributed by atoms with E-state index in [0.29, 0.717) is 50.3 Å². The fraction of sp³-hybridized carbons (Fsp3) is 0.923. The second-order valence-corrected chi connectivity index (χ2v) is 12.4. The Bertz CT molecular complexity index is 665. The molecule has 5 nitrogen and oxygen atoms in total. The van der Waals surface area contributed by atoms with E-state index in [1.165, 1.54) is 32.1 Å². The van der Waals surface area contributed by atoms with Crippen molar-refractivity contribution in [3.63, 3.8) is 0 Å². The molecule has 1 N–H and O–H groups in total. The van der Waals surface area contributed by atoms with Gasteiger partial charge < -0.3 is 14.9 Å². The molecule has 0 aromatic heterocycles. The maximum atomic E-state index is 13.1. The van der Waals surface area contributed by atoms with Crippen LogP contribution in [0.25, 0.3) is 0 Å². The third-order valence-corrected chi connectivity index (χ3v) is 8.99. The van der Waals surface area contributed by atoms with E-state index >= 15 is 0 Å². The van der Waals surface area contributed by atoms with Crippen LogP contribution in [0, 0.1) is 35.0 Å². The summed E-state index contributed by atoms with van der Waals surface area (Å²) in [7, 11) is 0. The van der Waals surface area contributed by atoms with Crippen molar-refractivity contribution in [3.05, 3.63) is 0 Å².